The average Bonchev–Trinajstić information content (AvgIpc) is 2.94. The fourth-order valence-electron chi connectivity index (χ4n) is 3.21. The zero-order chi connectivity index (χ0) is 13.2. The van der Waals surface area contributed by atoms with Crippen molar-refractivity contribution in [3.8, 4) is 0 Å². The molecule has 1 saturated heterocycles. The third kappa shape index (κ3) is 2.27. The van der Waals surface area contributed by atoms with Crippen LogP contribution in [0.4, 0.5) is 5.69 Å². The summed E-state index contributed by atoms with van der Waals surface area (Å²) in [6, 6.07) is 0. The summed E-state index contributed by atoms with van der Waals surface area (Å²) in [5.74, 6) is 0.230. The molecular formula is C14H21N3O2. The van der Waals surface area contributed by atoms with Gasteiger partial charge in [0.1, 0.15) is 0 Å². The van der Waals surface area contributed by atoms with Crippen molar-refractivity contribution in [3.63, 3.8) is 0 Å². The van der Waals surface area contributed by atoms with Gasteiger partial charge in [0.05, 0.1) is 29.6 Å². The first-order chi connectivity index (χ1) is 9.31. The standard InChI is InChI=1S/C14H21N3O2/c1-2-13-10(5-4-8-19-13)14(18)17-7-3-6-11-12(17)9-15-16-11/h9-10,13H,2-8H2,1H3,(H,15,16). The molecule has 0 aliphatic carbocycles. The smallest absolute Gasteiger partial charge is 0.232 e. The van der Waals surface area contributed by atoms with Crippen LogP contribution < -0.4 is 4.90 Å². The van der Waals surface area contributed by atoms with E-state index in [1.807, 2.05) is 4.90 Å². The van der Waals surface area contributed by atoms with E-state index in [1.54, 1.807) is 6.20 Å². The number of aromatic amines is 1. The minimum atomic E-state index is 0.0135. The van der Waals surface area contributed by atoms with Crippen molar-refractivity contribution >= 4 is 11.6 Å². The van der Waals surface area contributed by atoms with Gasteiger partial charge >= 0.3 is 0 Å². The van der Waals surface area contributed by atoms with Crippen LogP contribution in [0.1, 0.15) is 38.3 Å². The van der Waals surface area contributed by atoms with Crippen LogP contribution in [-0.4, -0.2) is 35.4 Å². The number of hydrogen-bond acceptors (Lipinski definition) is 3. The topological polar surface area (TPSA) is 58.2 Å². The molecule has 2 aliphatic rings. The van der Waals surface area contributed by atoms with Crippen molar-refractivity contribution < 1.29 is 9.53 Å². The molecule has 0 saturated carbocycles. The molecule has 0 aromatic carbocycles. The first-order valence-electron chi connectivity index (χ1n) is 7.26. The molecule has 3 rings (SSSR count). The molecule has 1 aromatic heterocycles. The molecule has 2 atom stereocenters. The molecule has 5 heteroatoms. The molecule has 2 aliphatic heterocycles. The Balaban J connectivity index is 1.81. The average molecular weight is 263 g/mol. The number of aromatic nitrogens is 2. The van der Waals surface area contributed by atoms with E-state index in [0.29, 0.717) is 0 Å². The van der Waals surface area contributed by atoms with Gasteiger partial charge in [-0.25, -0.2) is 0 Å². The molecule has 0 spiro atoms. The van der Waals surface area contributed by atoms with Crippen LogP contribution in [0.3, 0.4) is 0 Å². The van der Waals surface area contributed by atoms with Crippen LogP contribution in [0.5, 0.6) is 0 Å². The number of amides is 1. The van der Waals surface area contributed by atoms with Gasteiger partial charge in [-0.05, 0) is 32.1 Å². The van der Waals surface area contributed by atoms with Crippen LogP contribution in [0.15, 0.2) is 6.20 Å². The van der Waals surface area contributed by atoms with Crippen LogP contribution in [0.2, 0.25) is 0 Å². The molecule has 1 fully saturated rings. The molecule has 104 valence electrons. The number of carbonyl (C=O) groups is 1. The van der Waals surface area contributed by atoms with Crippen LogP contribution in [0, 0.1) is 5.92 Å². The first kappa shape index (κ1) is 12.7. The number of hydrogen-bond donors (Lipinski definition) is 1. The number of nitrogens with zero attached hydrogens (tertiary/aromatic N) is 2. The van der Waals surface area contributed by atoms with E-state index >= 15 is 0 Å². The van der Waals surface area contributed by atoms with Crippen molar-refractivity contribution in [2.24, 2.45) is 5.92 Å². The van der Waals surface area contributed by atoms with E-state index in [0.717, 1.165) is 56.6 Å². The van der Waals surface area contributed by atoms with Gasteiger partial charge in [0.2, 0.25) is 5.91 Å². The Morgan fingerprint density at radius 3 is 3.32 bits per heavy atom. The summed E-state index contributed by atoms with van der Waals surface area (Å²) in [4.78, 5) is 14.7. The van der Waals surface area contributed by atoms with E-state index in [-0.39, 0.29) is 17.9 Å². The van der Waals surface area contributed by atoms with E-state index < -0.39 is 0 Å². The second-order valence-corrected chi connectivity index (χ2v) is 5.39. The number of carbonyl (C=O) groups excluding carboxylic acids is 1. The Morgan fingerprint density at radius 2 is 2.47 bits per heavy atom. The predicted octanol–water partition coefficient (Wildman–Crippen LogP) is 1.89. The molecule has 0 bridgehead atoms. The van der Waals surface area contributed by atoms with Crippen molar-refractivity contribution in [3.05, 3.63) is 11.9 Å². The molecule has 1 aromatic rings. The van der Waals surface area contributed by atoms with Crippen molar-refractivity contribution in [1.29, 1.82) is 0 Å². The van der Waals surface area contributed by atoms with Gasteiger partial charge in [-0.1, -0.05) is 6.92 Å². The van der Waals surface area contributed by atoms with Gasteiger partial charge in [-0.3, -0.25) is 9.89 Å². The third-order valence-corrected chi connectivity index (χ3v) is 4.22. The summed E-state index contributed by atoms with van der Waals surface area (Å²) in [6.07, 6.45) is 6.68. The van der Waals surface area contributed by atoms with E-state index in [2.05, 4.69) is 17.1 Å². The SMILES string of the molecule is CCC1OCCCC1C(=O)N1CCCc2[nH]ncc21. The summed E-state index contributed by atoms with van der Waals surface area (Å²) in [5, 5.41) is 7.07. The number of aryl methyl sites for hydroxylation is 1. The Morgan fingerprint density at radius 1 is 1.58 bits per heavy atom. The number of H-pyrrole nitrogens is 1. The van der Waals surface area contributed by atoms with E-state index in [1.165, 1.54) is 0 Å². The zero-order valence-corrected chi connectivity index (χ0v) is 11.4. The van der Waals surface area contributed by atoms with Gasteiger partial charge < -0.3 is 9.64 Å². The molecule has 5 nitrogen and oxygen atoms in total. The second-order valence-electron chi connectivity index (χ2n) is 5.39. The monoisotopic (exact) mass is 263 g/mol. The van der Waals surface area contributed by atoms with E-state index in [4.69, 9.17) is 4.74 Å². The largest absolute Gasteiger partial charge is 0.377 e. The molecule has 3 heterocycles. The summed E-state index contributed by atoms with van der Waals surface area (Å²) in [6.45, 7) is 3.69. The van der Waals surface area contributed by atoms with Gasteiger partial charge in [0.25, 0.3) is 0 Å². The normalized spacial score (nSPS) is 27.1. The van der Waals surface area contributed by atoms with Gasteiger partial charge in [0, 0.05) is 13.2 Å². The molecule has 1 N–H and O–H groups in total. The number of rotatable bonds is 2. The molecule has 0 radical (unpaired) electrons. The minimum Gasteiger partial charge on any atom is -0.377 e. The first-order valence-corrected chi connectivity index (χ1v) is 7.26. The molecule has 1 amide bonds. The summed E-state index contributed by atoms with van der Waals surface area (Å²) >= 11 is 0. The van der Waals surface area contributed by atoms with Crippen LogP contribution in [0.25, 0.3) is 0 Å². The second kappa shape index (κ2) is 5.33. The molecule has 19 heavy (non-hydrogen) atoms. The maximum Gasteiger partial charge on any atom is 0.232 e. The lowest BCUT2D eigenvalue weighted by molar-refractivity contribution is -0.131. The highest BCUT2D eigenvalue weighted by Crippen LogP contribution is 2.31. The number of anilines is 1. The summed E-state index contributed by atoms with van der Waals surface area (Å²) < 4.78 is 5.75. The molecular weight excluding hydrogens is 242 g/mol. The highest BCUT2D eigenvalue weighted by Gasteiger charge is 2.35. The Labute approximate surface area is 113 Å². The maximum atomic E-state index is 12.8. The Kier molecular flexibility index (Phi) is 3.55. The minimum absolute atomic E-state index is 0.0135. The lowest BCUT2D eigenvalue weighted by Gasteiger charge is -2.35. The highest BCUT2D eigenvalue weighted by atomic mass is 16.5. The summed E-state index contributed by atoms with van der Waals surface area (Å²) in [5.41, 5.74) is 2.06. The lowest BCUT2D eigenvalue weighted by atomic mass is 9.90. The molecule has 2 unspecified atom stereocenters. The van der Waals surface area contributed by atoms with Crippen molar-refractivity contribution in [2.45, 2.75) is 45.1 Å². The fraction of sp³-hybridized carbons (Fsp3) is 0.714. The van der Waals surface area contributed by atoms with Crippen molar-refractivity contribution in [2.75, 3.05) is 18.1 Å². The number of nitrogens with one attached hydrogen (secondary N) is 1. The predicted molar refractivity (Wildman–Crippen MR) is 72.0 cm³/mol. The quantitative estimate of drug-likeness (QED) is 0.886. The maximum absolute atomic E-state index is 12.8. The van der Waals surface area contributed by atoms with Gasteiger partial charge in [-0.2, -0.15) is 5.10 Å². The Hall–Kier alpha value is -1.36. The van der Waals surface area contributed by atoms with Gasteiger partial charge in [0.15, 0.2) is 0 Å². The fourth-order valence-corrected chi connectivity index (χ4v) is 3.21. The van der Waals surface area contributed by atoms with Crippen molar-refractivity contribution in [1.82, 2.24) is 10.2 Å². The number of ether oxygens (including phenoxy) is 1. The van der Waals surface area contributed by atoms with Gasteiger partial charge in [-0.15, -0.1) is 0 Å². The number of fused-ring (bicyclic) bond motifs is 1. The van der Waals surface area contributed by atoms with E-state index in [9.17, 15) is 4.79 Å². The zero-order valence-electron chi connectivity index (χ0n) is 11.4. The van der Waals surface area contributed by atoms with Crippen LogP contribution >= 0.6 is 0 Å². The van der Waals surface area contributed by atoms with Crippen LogP contribution in [-0.2, 0) is 16.0 Å². The lowest BCUT2D eigenvalue weighted by Crippen LogP contribution is -2.45. The third-order valence-electron chi connectivity index (χ3n) is 4.22. The summed E-state index contributed by atoms with van der Waals surface area (Å²) in [7, 11) is 0. The Bertz CT molecular complexity index is 457. The highest BCUT2D eigenvalue weighted by molar-refractivity contribution is 5.96.